The molecule has 3 rings (SSSR count). The summed E-state index contributed by atoms with van der Waals surface area (Å²) in [5, 5.41) is 14.4. The maximum absolute atomic E-state index is 12.0. The Morgan fingerprint density at radius 1 is 1.43 bits per heavy atom. The average molecular weight is 313 g/mol. The number of carbonyl (C=O) groups is 1. The van der Waals surface area contributed by atoms with Gasteiger partial charge >= 0.3 is 5.97 Å². The van der Waals surface area contributed by atoms with E-state index < -0.39 is 5.60 Å². The van der Waals surface area contributed by atoms with Crippen LogP contribution in [-0.2, 0) is 9.53 Å². The summed E-state index contributed by atoms with van der Waals surface area (Å²) < 4.78 is 5.11. The fourth-order valence-electron chi connectivity index (χ4n) is 3.71. The number of rotatable bonds is 2. The van der Waals surface area contributed by atoms with E-state index in [0.29, 0.717) is 19.4 Å². The summed E-state index contributed by atoms with van der Waals surface area (Å²) >= 11 is 0. The van der Waals surface area contributed by atoms with E-state index in [2.05, 4.69) is 17.2 Å². The predicted octanol–water partition coefficient (Wildman–Crippen LogP) is 1.86. The molecule has 1 aliphatic carbocycles. The third kappa shape index (κ3) is 3.41. The highest BCUT2D eigenvalue weighted by Gasteiger charge is 2.50. The SMILES string of the molecule is CCOC(=O)C1CC2C(CCCC2(O)C#Cc2ccccc2)N1. The van der Waals surface area contributed by atoms with Crippen LogP contribution in [0.1, 0.15) is 38.2 Å². The summed E-state index contributed by atoms with van der Waals surface area (Å²) in [6.07, 6.45) is 3.12. The lowest BCUT2D eigenvalue weighted by molar-refractivity contribution is -0.145. The fourth-order valence-corrected chi connectivity index (χ4v) is 3.71. The van der Waals surface area contributed by atoms with E-state index in [9.17, 15) is 9.90 Å². The Hall–Kier alpha value is -1.83. The molecule has 0 aromatic heterocycles. The summed E-state index contributed by atoms with van der Waals surface area (Å²) in [5.41, 5.74) is -0.136. The van der Waals surface area contributed by atoms with Crippen molar-refractivity contribution in [3.8, 4) is 11.8 Å². The summed E-state index contributed by atoms with van der Waals surface area (Å²) in [6, 6.07) is 9.50. The first-order valence-corrected chi connectivity index (χ1v) is 8.35. The number of nitrogens with one attached hydrogen (secondary N) is 1. The molecule has 0 spiro atoms. The third-order valence-corrected chi connectivity index (χ3v) is 4.85. The van der Waals surface area contributed by atoms with E-state index in [1.807, 2.05) is 37.3 Å². The lowest BCUT2D eigenvalue weighted by atomic mass is 9.72. The Balaban J connectivity index is 1.77. The number of aliphatic hydroxyl groups is 1. The molecule has 1 saturated carbocycles. The lowest BCUT2D eigenvalue weighted by Crippen LogP contribution is -2.47. The lowest BCUT2D eigenvalue weighted by Gasteiger charge is -2.37. The van der Waals surface area contributed by atoms with Crippen LogP contribution in [0.25, 0.3) is 0 Å². The van der Waals surface area contributed by atoms with Gasteiger partial charge in [-0.1, -0.05) is 30.0 Å². The van der Waals surface area contributed by atoms with Gasteiger partial charge in [-0.15, -0.1) is 0 Å². The first kappa shape index (κ1) is 16.0. The number of carbonyl (C=O) groups excluding carboxylic acids is 1. The molecule has 4 heteroatoms. The number of benzene rings is 1. The van der Waals surface area contributed by atoms with Crippen LogP contribution in [0, 0.1) is 17.8 Å². The Labute approximate surface area is 137 Å². The molecule has 1 saturated heterocycles. The molecule has 0 amide bonds. The first-order valence-electron chi connectivity index (χ1n) is 8.35. The van der Waals surface area contributed by atoms with Gasteiger partial charge in [0.1, 0.15) is 11.6 Å². The Bertz CT molecular complexity index is 618. The number of ether oxygens (including phenoxy) is 1. The molecule has 2 N–H and O–H groups in total. The summed E-state index contributed by atoms with van der Waals surface area (Å²) in [6.45, 7) is 2.19. The van der Waals surface area contributed by atoms with Crippen LogP contribution in [0.15, 0.2) is 30.3 Å². The molecule has 0 bridgehead atoms. The van der Waals surface area contributed by atoms with Crippen LogP contribution < -0.4 is 5.32 Å². The van der Waals surface area contributed by atoms with E-state index in [4.69, 9.17) is 4.74 Å². The van der Waals surface area contributed by atoms with Crippen LogP contribution in [-0.4, -0.2) is 35.4 Å². The highest BCUT2D eigenvalue weighted by Crippen LogP contribution is 2.40. The Morgan fingerprint density at radius 2 is 2.22 bits per heavy atom. The molecule has 4 nitrogen and oxygen atoms in total. The highest BCUT2D eigenvalue weighted by molar-refractivity contribution is 5.76. The molecular weight excluding hydrogens is 290 g/mol. The van der Waals surface area contributed by atoms with Crippen LogP contribution in [0.3, 0.4) is 0 Å². The topological polar surface area (TPSA) is 58.6 Å². The molecule has 23 heavy (non-hydrogen) atoms. The van der Waals surface area contributed by atoms with Crippen molar-refractivity contribution in [2.24, 2.45) is 5.92 Å². The largest absolute Gasteiger partial charge is 0.465 e. The van der Waals surface area contributed by atoms with E-state index in [0.717, 1.165) is 18.4 Å². The summed E-state index contributed by atoms with van der Waals surface area (Å²) in [5.74, 6) is 5.94. The highest BCUT2D eigenvalue weighted by atomic mass is 16.5. The molecule has 1 aromatic carbocycles. The zero-order valence-corrected chi connectivity index (χ0v) is 13.4. The number of hydrogen-bond acceptors (Lipinski definition) is 4. The number of fused-ring (bicyclic) bond motifs is 1. The zero-order chi connectivity index (χ0) is 16.3. The first-order chi connectivity index (χ1) is 11.1. The van der Waals surface area contributed by atoms with Crippen molar-refractivity contribution in [1.82, 2.24) is 5.32 Å². The van der Waals surface area contributed by atoms with Crippen LogP contribution >= 0.6 is 0 Å². The van der Waals surface area contributed by atoms with Gasteiger partial charge in [0.15, 0.2) is 0 Å². The van der Waals surface area contributed by atoms with Crippen molar-refractivity contribution in [1.29, 1.82) is 0 Å². The minimum absolute atomic E-state index is 0.0260. The second-order valence-electron chi connectivity index (χ2n) is 6.35. The smallest absolute Gasteiger partial charge is 0.323 e. The predicted molar refractivity (Wildman–Crippen MR) is 87.6 cm³/mol. The van der Waals surface area contributed by atoms with E-state index >= 15 is 0 Å². The zero-order valence-electron chi connectivity index (χ0n) is 13.4. The minimum atomic E-state index is -1.03. The molecule has 4 atom stereocenters. The maximum Gasteiger partial charge on any atom is 0.323 e. The van der Waals surface area contributed by atoms with Gasteiger partial charge < -0.3 is 15.2 Å². The monoisotopic (exact) mass is 313 g/mol. The van der Waals surface area contributed by atoms with Crippen molar-refractivity contribution in [2.75, 3.05) is 6.61 Å². The van der Waals surface area contributed by atoms with E-state index in [1.165, 1.54) is 0 Å². The van der Waals surface area contributed by atoms with Crippen LogP contribution in [0.4, 0.5) is 0 Å². The molecule has 1 aliphatic heterocycles. The molecule has 2 aliphatic rings. The van der Waals surface area contributed by atoms with Gasteiger partial charge in [-0.2, -0.15) is 0 Å². The van der Waals surface area contributed by atoms with Gasteiger partial charge in [0.2, 0.25) is 0 Å². The van der Waals surface area contributed by atoms with Gasteiger partial charge in [0, 0.05) is 17.5 Å². The normalized spacial score (nSPS) is 32.5. The van der Waals surface area contributed by atoms with E-state index in [1.54, 1.807) is 0 Å². The maximum atomic E-state index is 12.0. The Morgan fingerprint density at radius 3 is 2.96 bits per heavy atom. The van der Waals surface area contributed by atoms with E-state index in [-0.39, 0.29) is 24.0 Å². The van der Waals surface area contributed by atoms with Crippen molar-refractivity contribution in [3.05, 3.63) is 35.9 Å². The van der Waals surface area contributed by atoms with Crippen LogP contribution in [0.5, 0.6) is 0 Å². The molecule has 0 radical (unpaired) electrons. The molecule has 122 valence electrons. The second-order valence-corrected chi connectivity index (χ2v) is 6.35. The third-order valence-electron chi connectivity index (χ3n) is 4.85. The van der Waals surface area contributed by atoms with Gasteiger partial charge in [-0.3, -0.25) is 4.79 Å². The van der Waals surface area contributed by atoms with Crippen LogP contribution in [0.2, 0.25) is 0 Å². The van der Waals surface area contributed by atoms with Gasteiger partial charge in [-0.05, 0) is 44.7 Å². The summed E-state index contributed by atoms with van der Waals surface area (Å²) in [7, 11) is 0. The van der Waals surface area contributed by atoms with Gasteiger partial charge in [0.05, 0.1) is 6.61 Å². The molecule has 1 aromatic rings. The molecule has 2 fully saturated rings. The van der Waals surface area contributed by atoms with Crippen molar-refractivity contribution < 1.29 is 14.6 Å². The van der Waals surface area contributed by atoms with Crippen molar-refractivity contribution in [2.45, 2.75) is 50.3 Å². The number of esters is 1. The quantitative estimate of drug-likeness (QED) is 0.646. The minimum Gasteiger partial charge on any atom is -0.465 e. The molecular formula is C19H23NO3. The standard InChI is InChI=1S/C19H23NO3/c1-2-23-18(21)17-13-15-16(20-17)9-6-11-19(15,22)12-10-14-7-4-3-5-8-14/h3-5,7-8,15-17,20,22H,2,6,9,11,13H2,1H3. The number of hydrogen-bond donors (Lipinski definition) is 2. The molecule has 4 unspecified atom stereocenters. The summed E-state index contributed by atoms with van der Waals surface area (Å²) in [4.78, 5) is 12.0. The second kappa shape index (κ2) is 6.74. The van der Waals surface area contributed by atoms with Crippen molar-refractivity contribution >= 4 is 5.97 Å². The Kier molecular flexibility index (Phi) is 4.70. The fraction of sp³-hybridized carbons (Fsp3) is 0.526. The van der Waals surface area contributed by atoms with Gasteiger partial charge in [0.25, 0.3) is 0 Å². The van der Waals surface area contributed by atoms with Gasteiger partial charge in [-0.25, -0.2) is 0 Å². The average Bonchev–Trinajstić information content (AvgIpc) is 3.01. The van der Waals surface area contributed by atoms with Crippen molar-refractivity contribution in [3.63, 3.8) is 0 Å². The molecule has 1 heterocycles.